The average molecular weight is 381 g/mol. The number of nitrogens with two attached hydrogens (primary N) is 1. The van der Waals surface area contributed by atoms with E-state index in [0.717, 1.165) is 18.5 Å². The SMILES string of the molecule is Cc1cccc(N2CCN(S(=O)(=O)CC(=O)NCC(N)C3CC3)CC2)c1. The first-order valence-electron chi connectivity index (χ1n) is 9.17. The molecular weight excluding hydrogens is 352 g/mol. The molecule has 1 saturated heterocycles. The lowest BCUT2D eigenvalue weighted by Gasteiger charge is -2.35. The Hall–Kier alpha value is -1.64. The predicted molar refractivity (Wildman–Crippen MR) is 102 cm³/mol. The van der Waals surface area contributed by atoms with Gasteiger partial charge in [0.15, 0.2) is 0 Å². The van der Waals surface area contributed by atoms with Gasteiger partial charge in [0.25, 0.3) is 0 Å². The molecule has 8 heteroatoms. The zero-order chi connectivity index (χ0) is 18.7. The molecule has 144 valence electrons. The number of anilines is 1. The van der Waals surface area contributed by atoms with Crippen LogP contribution in [0.3, 0.4) is 0 Å². The molecule has 1 unspecified atom stereocenters. The maximum atomic E-state index is 12.5. The molecule has 0 bridgehead atoms. The fourth-order valence-electron chi connectivity index (χ4n) is 3.28. The molecule has 1 saturated carbocycles. The van der Waals surface area contributed by atoms with Crippen molar-refractivity contribution >= 4 is 21.6 Å². The van der Waals surface area contributed by atoms with Crippen LogP contribution in [0.5, 0.6) is 0 Å². The fourth-order valence-corrected chi connectivity index (χ4v) is 4.62. The van der Waals surface area contributed by atoms with E-state index in [-0.39, 0.29) is 6.04 Å². The molecule has 2 fully saturated rings. The molecule has 0 spiro atoms. The molecule has 1 amide bonds. The van der Waals surface area contributed by atoms with Crippen LogP contribution < -0.4 is 16.0 Å². The average Bonchev–Trinajstić information content (AvgIpc) is 3.44. The van der Waals surface area contributed by atoms with Crippen LogP contribution in [0.25, 0.3) is 0 Å². The van der Waals surface area contributed by atoms with Crippen molar-refractivity contribution in [3.8, 4) is 0 Å². The van der Waals surface area contributed by atoms with E-state index in [1.807, 2.05) is 25.1 Å². The number of piperazine rings is 1. The second-order valence-electron chi connectivity index (χ2n) is 7.29. The van der Waals surface area contributed by atoms with Crippen molar-refractivity contribution in [3.05, 3.63) is 29.8 Å². The van der Waals surface area contributed by atoms with E-state index in [1.54, 1.807) is 0 Å². The minimum absolute atomic E-state index is 0.0699. The molecule has 3 N–H and O–H groups in total. The number of aryl methyl sites for hydroxylation is 1. The summed E-state index contributed by atoms with van der Waals surface area (Å²) in [7, 11) is -3.60. The Morgan fingerprint density at radius 2 is 1.96 bits per heavy atom. The topological polar surface area (TPSA) is 95.7 Å². The summed E-state index contributed by atoms with van der Waals surface area (Å²) in [6.07, 6.45) is 2.20. The molecule has 2 aliphatic rings. The molecule has 26 heavy (non-hydrogen) atoms. The van der Waals surface area contributed by atoms with Gasteiger partial charge in [-0.2, -0.15) is 4.31 Å². The second kappa shape index (κ2) is 7.94. The minimum atomic E-state index is -3.60. The number of hydrogen-bond acceptors (Lipinski definition) is 5. The summed E-state index contributed by atoms with van der Waals surface area (Å²) < 4.78 is 26.4. The molecule has 3 rings (SSSR count). The molecule has 1 aliphatic carbocycles. The first-order valence-corrected chi connectivity index (χ1v) is 10.8. The molecule has 0 aromatic heterocycles. The lowest BCUT2D eigenvalue weighted by Crippen LogP contribution is -2.51. The van der Waals surface area contributed by atoms with Crippen molar-refractivity contribution in [3.63, 3.8) is 0 Å². The quantitative estimate of drug-likeness (QED) is 0.709. The Kier molecular flexibility index (Phi) is 5.84. The summed E-state index contributed by atoms with van der Waals surface area (Å²) in [6.45, 7) is 4.42. The van der Waals surface area contributed by atoms with Gasteiger partial charge >= 0.3 is 0 Å². The lowest BCUT2D eigenvalue weighted by molar-refractivity contribution is -0.118. The summed E-state index contributed by atoms with van der Waals surface area (Å²) in [5.41, 5.74) is 8.22. The molecule has 1 aromatic carbocycles. The van der Waals surface area contributed by atoms with Crippen LogP contribution in [0.2, 0.25) is 0 Å². The van der Waals surface area contributed by atoms with Crippen LogP contribution >= 0.6 is 0 Å². The molecule has 1 aromatic rings. The maximum Gasteiger partial charge on any atom is 0.236 e. The van der Waals surface area contributed by atoms with Gasteiger partial charge in [0, 0.05) is 44.5 Å². The van der Waals surface area contributed by atoms with Crippen molar-refractivity contribution in [2.24, 2.45) is 11.7 Å². The van der Waals surface area contributed by atoms with E-state index in [1.165, 1.54) is 9.87 Å². The Balaban J connectivity index is 1.48. The van der Waals surface area contributed by atoms with Gasteiger partial charge in [-0.1, -0.05) is 12.1 Å². The van der Waals surface area contributed by atoms with E-state index in [9.17, 15) is 13.2 Å². The number of carbonyl (C=O) groups is 1. The lowest BCUT2D eigenvalue weighted by atomic mass is 10.2. The molecule has 1 aliphatic heterocycles. The highest BCUT2D eigenvalue weighted by Crippen LogP contribution is 2.31. The summed E-state index contributed by atoms with van der Waals surface area (Å²) in [5.74, 6) is -0.502. The van der Waals surface area contributed by atoms with Crippen molar-refractivity contribution < 1.29 is 13.2 Å². The smallest absolute Gasteiger partial charge is 0.236 e. The Morgan fingerprint density at radius 3 is 2.58 bits per heavy atom. The first kappa shape index (κ1) is 19.1. The predicted octanol–water partition coefficient (Wildman–Crippen LogP) is 0.300. The van der Waals surface area contributed by atoms with Gasteiger partial charge in [-0.3, -0.25) is 4.79 Å². The number of nitrogens with one attached hydrogen (secondary N) is 1. The number of rotatable bonds is 7. The zero-order valence-electron chi connectivity index (χ0n) is 15.2. The monoisotopic (exact) mass is 380 g/mol. The van der Waals surface area contributed by atoms with Crippen molar-refractivity contribution in [1.29, 1.82) is 0 Å². The largest absolute Gasteiger partial charge is 0.369 e. The van der Waals surface area contributed by atoms with Crippen LogP contribution in [-0.2, 0) is 14.8 Å². The van der Waals surface area contributed by atoms with Crippen LogP contribution in [0.15, 0.2) is 24.3 Å². The third kappa shape index (κ3) is 4.96. The third-order valence-corrected chi connectivity index (χ3v) is 6.85. The zero-order valence-corrected chi connectivity index (χ0v) is 16.0. The van der Waals surface area contributed by atoms with E-state index < -0.39 is 21.7 Å². The third-order valence-electron chi connectivity index (χ3n) is 5.07. The van der Waals surface area contributed by atoms with Crippen molar-refractivity contribution in [2.75, 3.05) is 43.4 Å². The van der Waals surface area contributed by atoms with Gasteiger partial charge in [0.1, 0.15) is 5.75 Å². The second-order valence-corrected chi connectivity index (χ2v) is 9.26. The summed E-state index contributed by atoms with van der Waals surface area (Å²) in [6, 6.07) is 8.11. The van der Waals surface area contributed by atoms with E-state index in [4.69, 9.17) is 5.73 Å². The number of nitrogens with zero attached hydrogens (tertiary/aromatic N) is 2. The molecule has 1 heterocycles. The van der Waals surface area contributed by atoms with Crippen molar-refractivity contribution in [2.45, 2.75) is 25.8 Å². The highest BCUT2D eigenvalue weighted by atomic mass is 32.2. The summed E-state index contributed by atoms with van der Waals surface area (Å²) in [5, 5.41) is 2.66. The van der Waals surface area contributed by atoms with Gasteiger partial charge in [0.2, 0.25) is 15.9 Å². The summed E-state index contributed by atoms with van der Waals surface area (Å²) in [4.78, 5) is 14.2. The normalized spacial score (nSPS) is 20.0. The molecular formula is C18H28N4O3S. The van der Waals surface area contributed by atoms with Gasteiger partial charge in [0.05, 0.1) is 0 Å². The van der Waals surface area contributed by atoms with E-state index in [0.29, 0.717) is 38.6 Å². The first-order chi connectivity index (χ1) is 12.3. The number of sulfonamides is 1. The van der Waals surface area contributed by atoms with Gasteiger partial charge in [-0.05, 0) is 43.4 Å². The number of benzene rings is 1. The summed E-state index contributed by atoms with van der Waals surface area (Å²) >= 11 is 0. The Labute approximate surface area is 155 Å². The van der Waals surface area contributed by atoms with E-state index >= 15 is 0 Å². The van der Waals surface area contributed by atoms with Gasteiger partial charge in [-0.15, -0.1) is 0 Å². The van der Waals surface area contributed by atoms with Gasteiger partial charge < -0.3 is 16.0 Å². The fraction of sp³-hybridized carbons (Fsp3) is 0.611. The van der Waals surface area contributed by atoms with Crippen LogP contribution in [0, 0.1) is 12.8 Å². The minimum Gasteiger partial charge on any atom is -0.369 e. The molecule has 0 radical (unpaired) electrons. The molecule has 1 atom stereocenters. The van der Waals surface area contributed by atoms with Crippen LogP contribution in [0.1, 0.15) is 18.4 Å². The standard InChI is InChI=1S/C18H28N4O3S/c1-14-3-2-4-16(11-14)21-7-9-22(10-8-21)26(24,25)13-18(23)20-12-17(19)15-5-6-15/h2-4,11,15,17H,5-10,12-13,19H2,1H3,(H,20,23). The number of hydrogen-bond donors (Lipinski definition) is 2. The molecule has 7 nitrogen and oxygen atoms in total. The Morgan fingerprint density at radius 1 is 1.27 bits per heavy atom. The van der Waals surface area contributed by atoms with Crippen LogP contribution in [0.4, 0.5) is 5.69 Å². The highest BCUT2D eigenvalue weighted by molar-refractivity contribution is 7.89. The number of amides is 1. The van der Waals surface area contributed by atoms with Crippen LogP contribution in [-0.4, -0.2) is 63.1 Å². The number of carbonyl (C=O) groups excluding carboxylic acids is 1. The Bertz CT molecular complexity index is 741. The van der Waals surface area contributed by atoms with Crippen molar-refractivity contribution in [1.82, 2.24) is 9.62 Å². The maximum absolute atomic E-state index is 12.5. The highest BCUT2D eigenvalue weighted by Gasteiger charge is 2.31. The van der Waals surface area contributed by atoms with E-state index in [2.05, 4.69) is 16.3 Å². The van der Waals surface area contributed by atoms with Gasteiger partial charge in [-0.25, -0.2) is 8.42 Å².